The standard InChI is InChI=1S/C17H29NO/c1-4-6-8-10-15(11-9-7-5-2)16-12-13-17(19-3)18-14-16/h12-15H,4-11H2,1-3H3. The van der Waals surface area contributed by atoms with E-state index in [0.29, 0.717) is 11.8 Å². The van der Waals surface area contributed by atoms with Crippen LogP contribution >= 0.6 is 0 Å². The molecule has 0 aromatic carbocycles. The second-order valence-corrected chi connectivity index (χ2v) is 5.32. The quantitative estimate of drug-likeness (QED) is 0.532. The summed E-state index contributed by atoms with van der Waals surface area (Å²) in [5, 5.41) is 0. The summed E-state index contributed by atoms with van der Waals surface area (Å²) in [5.41, 5.74) is 1.38. The minimum atomic E-state index is 0.677. The number of hydrogen-bond acceptors (Lipinski definition) is 2. The fraction of sp³-hybridized carbons (Fsp3) is 0.706. The van der Waals surface area contributed by atoms with E-state index in [9.17, 15) is 0 Å². The van der Waals surface area contributed by atoms with Crippen molar-refractivity contribution in [2.24, 2.45) is 0 Å². The molecule has 0 radical (unpaired) electrons. The van der Waals surface area contributed by atoms with Crippen LogP contribution in [0.5, 0.6) is 5.88 Å². The zero-order valence-electron chi connectivity index (χ0n) is 12.8. The number of pyridine rings is 1. The highest BCUT2D eigenvalue weighted by molar-refractivity contribution is 5.21. The van der Waals surface area contributed by atoms with Gasteiger partial charge in [-0.15, -0.1) is 0 Å². The third kappa shape index (κ3) is 6.09. The van der Waals surface area contributed by atoms with Gasteiger partial charge in [-0.3, -0.25) is 0 Å². The average molecular weight is 263 g/mol. The van der Waals surface area contributed by atoms with E-state index in [1.165, 1.54) is 56.9 Å². The van der Waals surface area contributed by atoms with Crippen LogP contribution in [0.1, 0.15) is 76.7 Å². The van der Waals surface area contributed by atoms with Gasteiger partial charge in [0.1, 0.15) is 0 Å². The molecular weight excluding hydrogens is 234 g/mol. The van der Waals surface area contributed by atoms with Crippen LogP contribution in [0.15, 0.2) is 18.3 Å². The summed E-state index contributed by atoms with van der Waals surface area (Å²) in [6, 6.07) is 4.18. The first kappa shape index (κ1) is 16.0. The Bertz CT molecular complexity index is 311. The normalized spacial score (nSPS) is 10.9. The van der Waals surface area contributed by atoms with E-state index >= 15 is 0 Å². The molecule has 0 N–H and O–H groups in total. The number of ether oxygens (including phenoxy) is 1. The molecule has 0 atom stereocenters. The van der Waals surface area contributed by atoms with Gasteiger partial charge in [-0.05, 0) is 24.3 Å². The maximum Gasteiger partial charge on any atom is 0.212 e. The predicted molar refractivity (Wildman–Crippen MR) is 81.8 cm³/mol. The van der Waals surface area contributed by atoms with E-state index in [1.54, 1.807) is 7.11 Å². The smallest absolute Gasteiger partial charge is 0.212 e. The van der Waals surface area contributed by atoms with E-state index in [-0.39, 0.29) is 0 Å². The largest absolute Gasteiger partial charge is 0.481 e. The minimum absolute atomic E-state index is 0.677. The fourth-order valence-corrected chi connectivity index (χ4v) is 2.51. The first-order valence-electron chi connectivity index (χ1n) is 7.81. The van der Waals surface area contributed by atoms with Crippen LogP contribution in [0.3, 0.4) is 0 Å². The van der Waals surface area contributed by atoms with Crippen molar-refractivity contribution >= 4 is 0 Å². The Kier molecular flexibility index (Phi) is 8.28. The van der Waals surface area contributed by atoms with Crippen LogP contribution < -0.4 is 4.74 Å². The molecular formula is C17H29NO. The summed E-state index contributed by atoms with van der Waals surface area (Å²) >= 11 is 0. The first-order valence-corrected chi connectivity index (χ1v) is 7.81. The lowest BCUT2D eigenvalue weighted by Crippen LogP contribution is -2.01. The molecule has 0 spiro atoms. The Hall–Kier alpha value is -1.05. The van der Waals surface area contributed by atoms with Crippen molar-refractivity contribution < 1.29 is 4.74 Å². The van der Waals surface area contributed by atoms with Gasteiger partial charge in [-0.25, -0.2) is 4.98 Å². The molecule has 2 nitrogen and oxygen atoms in total. The predicted octanol–water partition coefficient (Wildman–Crippen LogP) is 5.33. The maximum atomic E-state index is 5.13. The number of hydrogen-bond donors (Lipinski definition) is 0. The molecule has 0 saturated carbocycles. The SMILES string of the molecule is CCCCCC(CCCCC)c1ccc(OC)nc1. The molecule has 1 aromatic heterocycles. The monoisotopic (exact) mass is 263 g/mol. The molecule has 1 heterocycles. The Labute approximate surface area is 118 Å². The fourth-order valence-electron chi connectivity index (χ4n) is 2.51. The Morgan fingerprint density at radius 1 is 1.00 bits per heavy atom. The number of methoxy groups -OCH3 is 1. The maximum absolute atomic E-state index is 5.13. The van der Waals surface area contributed by atoms with Gasteiger partial charge in [0.25, 0.3) is 0 Å². The second-order valence-electron chi connectivity index (χ2n) is 5.32. The van der Waals surface area contributed by atoms with Gasteiger partial charge in [0.15, 0.2) is 0 Å². The van der Waals surface area contributed by atoms with Gasteiger partial charge in [-0.2, -0.15) is 0 Å². The van der Waals surface area contributed by atoms with Gasteiger partial charge < -0.3 is 4.74 Å². The lowest BCUT2D eigenvalue weighted by atomic mass is 9.89. The van der Waals surface area contributed by atoms with Crippen LogP contribution in [0, 0.1) is 0 Å². The van der Waals surface area contributed by atoms with Crippen molar-refractivity contribution in [2.45, 2.75) is 71.1 Å². The third-order valence-corrected chi connectivity index (χ3v) is 3.75. The van der Waals surface area contributed by atoms with Crippen molar-refractivity contribution in [1.29, 1.82) is 0 Å². The molecule has 108 valence electrons. The van der Waals surface area contributed by atoms with E-state index < -0.39 is 0 Å². The van der Waals surface area contributed by atoms with E-state index in [4.69, 9.17) is 4.74 Å². The van der Waals surface area contributed by atoms with Crippen molar-refractivity contribution in [1.82, 2.24) is 4.98 Å². The zero-order chi connectivity index (χ0) is 13.9. The lowest BCUT2D eigenvalue weighted by Gasteiger charge is -2.17. The van der Waals surface area contributed by atoms with E-state index in [2.05, 4.69) is 24.9 Å². The third-order valence-electron chi connectivity index (χ3n) is 3.75. The summed E-state index contributed by atoms with van der Waals surface area (Å²) < 4.78 is 5.13. The van der Waals surface area contributed by atoms with Crippen molar-refractivity contribution in [3.05, 3.63) is 23.9 Å². The van der Waals surface area contributed by atoms with Crippen LogP contribution in [0.25, 0.3) is 0 Å². The average Bonchev–Trinajstić information content (AvgIpc) is 2.46. The van der Waals surface area contributed by atoms with Crippen molar-refractivity contribution in [2.75, 3.05) is 7.11 Å². The first-order chi connectivity index (χ1) is 9.31. The minimum Gasteiger partial charge on any atom is -0.481 e. The summed E-state index contributed by atoms with van der Waals surface area (Å²) in [5.74, 6) is 1.39. The summed E-state index contributed by atoms with van der Waals surface area (Å²) in [6.07, 6.45) is 12.5. The molecule has 0 bridgehead atoms. The van der Waals surface area contributed by atoms with Crippen LogP contribution in [-0.4, -0.2) is 12.1 Å². The molecule has 19 heavy (non-hydrogen) atoms. The number of unbranched alkanes of at least 4 members (excludes halogenated alkanes) is 4. The highest BCUT2D eigenvalue weighted by Gasteiger charge is 2.11. The van der Waals surface area contributed by atoms with Gasteiger partial charge >= 0.3 is 0 Å². The highest BCUT2D eigenvalue weighted by atomic mass is 16.5. The lowest BCUT2D eigenvalue weighted by molar-refractivity contribution is 0.397. The van der Waals surface area contributed by atoms with Gasteiger partial charge in [0.05, 0.1) is 7.11 Å². The Morgan fingerprint density at radius 3 is 2.05 bits per heavy atom. The van der Waals surface area contributed by atoms with Gasteiger partial charge in [-0.1, -0.05) is 58.4 Å². The van der Waals surface area contributed by atoms with Crippen LogP contribution in [0.2, 0.25) is 0 Å². The number of nitrogens with zero attached hydrogens (tertiary/aromatic N) is 1. The van der Waals surface area contributed by atoms with E-state index in [0.717, 1.165) is 0 Å². The number of rotatable bonds is 10. The summed E-state index contributed by atoms with van der Waals surface area (Å²) in [6.45, 7) is 4.53. The summed E-state index contributed by atoms with van der Waals surface area (Å²) in [7, 11) is 1.67. The van der Waals surface area contributed by atoms with Crippen molar-refractivity contribution in [3.63, 3.8) is 0 Å². The Morgan fingerprint density at radius 2 is 1.63 bits per heavy atom. The van der Waals surface area contributed by atoms with Crippen molar-refractivity contribution in [3.8, 4) is 5.88 Å². The van der Waals surface area contributed by atoms with Crippen LogP contribution in [0.4, 0.5) is 0 Å². The zero-order valence-corrected chi connectivity index (χ0v) is 12.8. The molecule has 1 aromatic rings. The van der Waals surface area contributed by atoms with Crippen LogP contribution in [-0.2, 0) is 0 Å². The molecule has 1 rings (SSSR count). The summed E-state index contributed by atoms with van der Waals surface area (Å²) in [4.78, 5) is 4.35. The number of aromatic nitrogens is 1. The molecule has 0 aliphatic rings. The molecule has 2 heteroatoms. The molecule has 0 aliphatic heterocycles. The highest BCUT2D eigenvalue weighted by Crippen LogP contribution is 2.28. The Balaban J connectivity index is 2.58. The molecule has 0 aliphatic carbocycles. The van der Waals surface area contributed by atoms with E-state index in [1.807, 2.05) is 12.3 Å². The molecule has 0 amide bonds. The van der Waals surface area contributed by atoms with Gasteiger partial charge in [0, 0.05) is 12.3 Å². The molecule has 0 unspecified atom stereocenters. The second kappa shape index (κ2) is 9.82. The van der Waals surface area contributed by atoms with Gasteiger partial charge in [0.2, 0.25) is 5.88 Å². The topological polar surface area (TPSA) is 22.1 Å². The molecule has 0 fully saturated rings. The molecule has 0 saturated heterocycles.